The van der Waals surface area contributed by atoms with Gasteiger partial charge in [-0.15, -0.1) is 4.40 Å². The van der Waals surface area contributed by atoms with Crippen molar-refractivity contribution in [2.45, 2.75) is 24.7 Å². The molecule has 0 radical (unpaired) electrons. The van der Waals surface area contributed by atoms with Gasteiger partial charge in [0, 0.05) is 30.3 Å². The van der Waals surface area contributed by atoms with Crippen molar-refractivity contribution in [3.63, 3.8) is 0 Å². The Bertz CT molecular complexity index is 1020. The van der Waals surface area contributed by atoms with Crippen LogP contribution in [0.5, 0.6) is 0 Å². The molecule has 2 aliphatic heterocycles. The molecule has 0 aliphatic carbocycles. The van der Waals surface area contributed by atoms with Gasteiger partial charge in [-0.2, -0.15) is 8.42 Å². The molecule has 1 amide bonds. The maximum Gasteiger partial charge on any atom is 0.285 e. The normalized spacial score (nSPS) is 18.7. The van der Waals surface area contributed by atoms with Crippen molar-refractivity contribution in [1.82, 2.24) is 9.88 Å². The number of aromatic nitrogens is 1. The van der Waals surface area contributed by atoms with E-state index in [2.05, 4.69) is 14.7 Å². The van der Waals surface area contributed by atoms with Gasteiger partial charge < -0.3 is 10.2 Å². The number of nitrogens with zero attached hydrogens (tertiary/aromatic N) is 3. The van der Waals surface area contributed by atoms with E-state index >= 15 is 0 Å². The highest BCUT2D eigenvalue weighted by molar-refractivity contribution is 7.90. The third kappa shape index (κ3) is 3.44. The number of nitrogens with one attached hydrogen (secondary N) is 1. The third-order valence-corrected chi connectivity index (χ3v) is 6.24. The first-order valence-corrected chi connectivity index (χ1v) is 10.3. The van der Waals surface area contributed by atoms with Gasteiger partial charge >= 0.3 is 0 Å². The van der Waals surface area contributed by atoms with Crippen LogP contribution >= 0.6 is 0 Å². The number of hydrogen-bond acceptors (Lipinski definition) is 5. The van der Waals surface area contributed by atoms with Crippen LogP contribution in [-0.4, -0.2) is 43.1 Å². The summed E-state index contributed by atoms with van der Waals surface area (Å²) < 4.78 is 28.4. The summed E-state index contributed by atoms with van der Waals surface area (Å²) in [7, 11) is -3.62. The van der Waals surface area contributed by atoms with E-state index in [1.54, 1.807) is 24.3 Å². The van der Waals surface area contributed by atoms with Crippen LogP contribution in [0.2, 0.25) is 0 Å². The lowest BCUT2D eigenvalue weighted by atomic mass is 9.95. The molecule has 0 bridgehead atoms. The van der Waals surface area contributed by atoms with Crippen molar-refractivity contribution < 1.29 is 13.2 Å². The summed E-state index contributed by atoms with van der Waals surface area (Å²) in [6.07, 6.45) is 1.28. The number of anilines is 1. The summed E-state index contributed by atoms with van der Waals surface area (Å²) in [6.45, 7) is 3.05. The SMILES string of the molecule is Cc1cccc(NC(=O)C2CCN(C3=NS(=O)(=O)c4ccccc43)CC2)n1. The molecule has 140 valence electrons. The van der Waals surface area contributed by atoms with Gasteiger partial charge in [0.1, 0.15) is 10.7 Å². The Hall–Kier alpha value is -2.74. The lowest BCUT2D eigenvalue weighted by Crippen LogP contribution is -2.41. The smallest absolute Gasteiger partial charge is 0.285 e. The number of carbonyl (C=O) groups excluding carboxylic acids is 1. The Morgan fingerprint density at radius 2 is 1.85 bits per heavy atom. The van der Waals surface area contributed by atoms with Gasteiger partial charge in [-0.3, -0.25) is 4.79 Å². The Labute approximate surface area is 158 Å². The van der Waals surface area contributed by atoms with Crippen LogP contribution in [0.25, 0.3) is 0 Å². The molecule has 1 fully saturated rings. The summed E-state index contributed by atoms with van der Waals surface area (Å²) in [5.41, 5.74) is 1.49. The van der Waals surface area contributed by atoms with Crippen LogP contribution in [0, 0.1) is 12.8 Å². The molecule has 3 heterocycles. The predicted molar refractivity (Wildman–Crippen MR) is 102 cm³/mol. The first-order valence-electron chi connectivity index (χ1n) is 8.88. The molecule has 2 aromatic rings. The van der Waals surface area contributed by atoms with Crippen LogP contribution in [0.15, 0.2) is 51.8 Å². The number of amides is 1. The lowest BCUT2D eigenvalue weighted by molar-refractivity contribution is -0.121. The second-order valence-corrected chi connectivity index (χ2v) is 8.37. The molecule has 0 unspecified atom stereocenters. The Balaban J connectivity index is 1.43. The first-order chi connectivity index (χ1) is 12.9. The Kier molecular flexibility index (Phi) is 4.43. The van der Waals surface area contributed by atoms with E-state index in [4.69, 9.17) is 0 Å². The van der Waals surface area contributed by atoms with Crippen LogP contribution in [-0.2, 0) is 14.8 Å². The fraction of sp³-hybridized carbons (Fsp3) is 0.316. The van der Waals surface area contributed by atoms with Gasteiger partial charge in [-0.05, 0) is 44.0 Å². The number of likely N-dealkylation sites (tertiary alicyclic amines) is 1. The van der Waals surface area contributed by atoms with E-state index in [0.717, 1.165) is 5.69 Å². The van der Waals surface area contributed by atoms with Crippen molar-refractivity contribution in [1.29, 1.82) is 0 Å². The van der Waals surface area contributed by atoms with E-state index in [1.807, 2.05) is 30.0 Å². The first kappa shape index (κ1) is 17.7. The summed E-state index contributed by atoms with van der Waals surface area (Å²) in [4.78, 5) is 19.0. The lowest BCUT2D eigenvalue weighted by Gasteiger charge is -2.32. The fourth-order valence-electron chi connectivity index (χ4n) is 3.51. The second kappa shape index (κ2) is 6.77. The standard InChI is InChI=1S/C19H20N4O3S/c1-13-5-4-8-17(20-13)21-19(24)14-9-11-23(12-10-14)18-15-6-2-3-7-16(15)27(25,26)22-18/h2-8,14H,9-12H2,1H3,(H,20,21,24). The van der Waals surface area contributed by atoms with Gasteiger partial charge in [0.15, 0.2) is 5.84 Å². The Morgan fingerprint density at radius 1 is 1.11 bits per heavy atom. The molecule has 2 aliphatic rings. The van der Waals surface area contributed by atoms with Crippen molar-refractivity contribution in [2.75, 3.05) is 18.4 Å². The third-order valence-electron chi connectivity index (χ3n) is 4.92. The zero-order valence-corrected chi connectivity index (χ0v) is 15.7. The van der Waals surface area contributed by atoms with E-state index in [9.17, 15) is 13.2 Å². The minimum Gasteiger partial charge on any atom is -0.355 e. The summed E-state index contributed by atoms with van der Waals surface area (Å²) in [5, 5.41) is 2.87. The number of piperidine rings is 1. The number of amidine groups is 1. The van der Waals surface area contributed by atoms with Gasteiger partial charge in [0.2, 0.25) is 5.91 Å². The maximum absolute atomic E-state index is 12.5. The molecule has 1 N–H and O–H groups in total. The van der Waals surface area contributed by atoms with E-state index < -0.39 is 10.0 Å². The molecular weight excluding hydrogens is 364 g/mol. The average molecular weight is 384 g/mol. The summed E-state index contributed by atoms with van der Waals surface area (Å²) >= 11 is 0. The highest BCUT2D eigenvalue weighted by Gasteiger charge is 2.34. The molecule has 7 nitrogen and oxygen atoms in total. The molecule has 8 heteroatoms. The second-order valence-electron chi connectivity index (χ2n) is 6.80. The quantitative estimate of drug-likeness (QED) is 0.857. The van der Waals surface area contributed by atoms with Crippen molar-refractivity contribution >= 4 is 27.6 Å². The molecule has 27 heavy (non-hydrogen) atoms. The molecule has 1 aromatic carbocycles. The van der Waals surface area contributed by atoms with Gasteiger partial charge in [-0.1, -0.05) is 18.2 Å². The number of pyridine rings is 1. The monoisotopic (exact) mass is 384 g/mol. The molecule has 0 saturated carbocycles. The predicted octanol–water partition coefficient (Wildman–Crippen LogP) is 2.19. The number of sulfonamides is 1. The Morgan fingerprint density at radius 3 is 2.59 bits per heavy atom. The molecule has 1 saturated heterocycles. The largest absolute Gasteiger partial charge is 0.355 e. The van der Waals surface area contributed by atoms with E-state index in [0.29, 0.717) is 43.1 Å². The zero-order valence-electron chi connectivity index (χ0n) is 14.9. The van der Waals surface area contributed by atoms with Crippen molar-refractivity contribution in [3.8, 4) is 0 Å². The highest BCUT2D eigenvalue weighted by Crippen LogP contribution is 2.29. The van der Waals surface area contributed by atoms with Gasteiger partial charge in [0.05, 0.1) is 0 Å². The van der Waals surface area contributed by atoms with Gasteiger partial charge in [-0.25, -0.2) is 4.98 Å². The van der Waals surface area contributed by atoms with Crippen LogP contribution in [0.3, 0.4) is 0 Å². The van der Waals surface area contributed by atoms with Gasteiger partial charge in [0.25, 0.3) is 10.0 Å². The number of aryl methyl sites for hydroxylation is 1. The van der Waals surface area contributed by atoms with Crippen LogP contribution < -0.4 is 5.32 Å². The maximum atomic E-state index is 12.5. The summed E-state index contributed by atoms with van der Waals surface area (Å²) in [5.74, 6) is 0.874. The molecule has 0 spiro atoms. The summed E-state index contributed by atoms with van der Waals surface area (Å²) in [6, 6.07) is 12.4. The number of hydrogen-bond donors (Lipinski definition) is 1. The highest BCUT2D eigenvalue weighted by atomic mass is 32.2. The molecular formula is C19H20N4O3S. The molecule has 0 atom stereocenters. The van der Waals surface area contributed by atoms with Crippen LogP contribution in [0.1, 0.15) is 24.1 Å². The topological polar surface area (TPSA) is 91.7 Å². The minimum atomic E-state index is -3.62. The molecule has 1 aromatic heterocycles. The number of carbonyl (C=O) groups is 1. The van der Waals surface area contributed by atoms with E-state index in [-0.39, 0.29) is 16.7 Å². The fourth-order valence-corrected chi connectivity index (χ4v) is 4.74. The van der Waals surface area contributed by atoms with Crippen LogP contribution in [0.4, 0.5) is 5.82 Å². The zero-order chi connectivity index (χ0) is 19.0. The minimum absolute atomic E-state index is 0.0471. The number of fused-ring (bicyclic) bond motifs is 1. The number of benzene rings is 1. The van der Waals surface area contributed by atoms with Crippen molar-refractivity contribution in [3.05, 3.63) is 53.7 Å². The molecule has 4 rings (SSSR count). The van der Waals surface area contributed by atoms with Crippen molar-refractivity contribution in [2.24, 2.45) is 10.3 Å². The average Bonchev–Trinajstić information content (AvgIpc) is 2.93. The van der Waals surface area contributed by atoms with E-state index in [1.165, 1.54) is 0 Å². The number of rotatable bonds is 2.